The number of halogens is 1. The van der Waals surface area contributed by atoms with Crippen LogP contribution in [0.5, 0.6) is 0 Å². The maximum Gasteiger partial charge on any atom is 0.222 e. The van der Waals surface area contributed by atoms with Gasteiger partial charge in [0.1, 0.15) is 0 Å². The van der Waals surface area contributed by atoms with Gasteiger partial charge in [-0.1, -0.05) is 85.6 Å². The van der Waals surface area contributed by atoms with Crippen molar-refractivity contribution in [3.63, 3.8) is 0 Å². The molecule has 0 amide bonds. The number of benzene rings is 2. The van der Waals surface area contributed by atoms with Gasteiger partial charge in [0.25, 0.3) is 0 Å². The lowest BCUT2D eigenvalue weighted by Crippen LogP contribution is -2.21. The van der Waals surface area contributed by atoms with Crippen LogP contribution in [-0.4, -0.2) is 9.78 Å². The van der Waals surface area contributed by atoms with E-state index in [9.17, 15) is 4.79 Å². The van der Waals surface area contributed by atoms with Gasteiger partial charge >= 0.3 is 0 Å². The number of unbranched alkanes of at least 4 members (excludes halogenated alkanes) is 1. The molecule has 3 rings (SSSR count). The van der Waals surface area contributed by atoms with Crippen LogP contribution in [0.25, 0.3) is 11.3 Å². The van der Waals surface area contributed by atoms with Crippen molar-refractivity contribution in [2.75, 3.05) is 0 Å². The Balaban J connectivity index is 2.19. The van der Waals surface area contributed by atoms with E-state index in [4.69, 9.17) is 11.6 Å². The summed E-state index contributed by atoms with van der Waals surface area (Å²) in [6.45, 7) is 2.69. The fourth-order valence-corrected chi connectivity index (χ4v) is 3.17. The molecule has 3 aromatic rings. The van der Waals surface area contributed by atoms with E-state index in [1.165, 1.54) is 0 Å². The summed E-state index contributed by atoms with van der Waals surface area (Å²) in [7, 11) is 0. The minimum atomic E-state index is -0.154. The predicted octanol–water partition coefficient (Wildman–Crippen LogP) is 4.95. The average Bonchev–Trinajstić information content (AvgIpc) is 2.65. The third kappa shape index (κ3) is 3.99. The quantitative estimate of drug-likeness (QED) is 0.628. The average molecular weight is 353 g/mol. The molecule has 0 radical (unpaired) electrons. The zero-order chi connectivity index (χ0) is 17.6. The first kappa shape index (κ1) is 17.4. The highest BCUT2D eigenvalue weighted by Gasteiger charge is 2.17. The van der Waals surface area contributed by atoms with Crippen LogP contribution in [0.4, 0.5) is 0 Å². The number of hydrogen-bond donors (Lipinski definition) is 0. The van der Waals surface area contributed by atoms with E-state index in [-0.39, 0.29) is 10.6 Å². The van der Waals surface area contributed by atoms with E-state index in [1.54, 1.807) is 0 Å². The molecule has 0 aliphatic rings. The zero-order valence-electron chi connectivity index (χ0n) is 14.3. The number of nitrogens with zero attached hydrogens (tertiary/aromatic N) is 2. The first-order valence-corrected chi connectivity index (χ1v) is 8.97. The van der Waals surface area contributed by atoms with Crippen molar-refractivity contribution < 1.29 is 0 Å². The maximum atomic E-state index is 12.7. The molecule has 0 saturated carbocycles. The largest absolute Gasteiger partial charge is 0.286 e. The highest BCUT2D eigenvalue weighted by atomic mass is 35.5. The van der Waals surface area contributed by atoms with E-state index >= 15 is 0 Å². The van der Waals surface area contributed by atoms with E-state index < -0.39 is 0 Å². The maximum absolute atomic E-state index is 12.7. The summed E-state index contributed by atoms with van der Waals surface area (Å²) in [5.74, 6) is 0. The Morgan fingerprint density at radius 1 is 1.00 bits per heavy atom. The third-order valence-electron chi connectivity index (χ3n) is 4.22. The highest BCUT2D eigenvalue weighted by Crippen LogP contribution is 2.24. The van der Waals surface area contributed by atoms with Crippen LogP contribution in [0, 0.1) is 0 Å². The van der Waals surface area contributed by atoms with Crippen molar-refractivity contribution in [2.24, 2.45) is 0 Å². The molecule has 0 fully saturated rings. The second-order valence-electron chi connectivity index (χ2n) is 6.06. The highest BCUT2D eigenvalue weighted by molar-refractivity contribution is 6.29. The third-order valence-corrected chi connectivity index (χ3v) is 4.46. The van der Waals surface area contributed by atoms with Crippen LogP contribution in [-0.2, 0) is 13.0 Å². The van der Waals surface area contributed by atoms with Gasteiger partial charge in [0.05, 0.1) is 12.2 Å². The molecule has 1 aromatic heterocycles. The number of hydrogen-bond acceptors (Lipinski definition) is 2. The molecule has 0 unspecified atom stereocenters. The van der Waals surface area contributed by atoms with Crippen LogP contribution in [0.15, 0.2) is 65.5 Å². The van der Waals surface area contributed by atoms with Crippen LogP contribution in [0.2, 0.25) is 5.15 Å². The Morgan fingerprint density at radius 2 is 1.64 bits per heavy atom. The monoisotopic (exact) mass is 352 g/mol. The van der Waals surface area contributed by atoms with Gasteiger partial charge in [0, 0.05) is 11.1 Å². The Morgan fingerprint density at radius 3 is 2.28 bits per heavy atom. The van der Waals surface area contributed by atoms with Crippen LogP contribution in [0.1, 0.15) is 30.9 Å². The van der Waals surface area contributed by atoms with Gasteiger partial charge in [0.2, 0.25) is 5.43 Å². The minimum absolute atomic E-state index is 0.0433. The van der Waals surface area contributed by atoms with E-state index in [0.29, 0.717) is 13.0 Å². The molecular weight excluding hydrogens is 332 g/mol. The number of rotatable bonds is 6. The molecule has 2 aromatic carbocycles. The van der Waals surface area contributed by atoms with Crippen molar-refractivity contribution in [1.82, 2.24) is 9.78 Å². The molecule has 0 aliphatic heterocycles. The molecule has 0 spiro atoms. The molecule has 25 heavy (non-hydrogen) atoms. The van der Waals surface area contributed by atoms with Crippen LogP contribution >= 0.6 is 11.6 Å². The summed E-state index contributed by atoms with van der Waals surface area (Å²) in [5.41, 5.74) is 3.58. The van der Waals surface area contributed by atoms with Crippen molar-refractivity contribution in [3.05, 3.63) is 87.2 Å². The topological polar surface area (TPSA) is 34.9 Å². The summed E-state index contributed by atoms with van der Waals surface area (Å²) >= 11 is 6.18. The Kier molecular flexibility index (Phi) is 5.67. The van der Waals surface area contributed by atoms with E-state index in [0.717, 1.165) is 35.2 Å². The summed E-state index contributed by atoms with van der Waals surface area (Å²) in [4.78, 5) is 12.7. The van der Waals surface area contributed by atoms with E-state index in [1.807, 2.05) is 65.3 Å². The molecule has 4 heteroatoms. The fourth-order valence-electron chi connectivity index (χ4n) is 2.96. The summed E-state index contributed by atoms with van der Waals surface area (Å²) in [6.07, 6.45) is 2.67. The van der Waals surface area contributed by atoms with Gasteiger partial charge in [-0.25, -0.2) is 0 Å². The normalized spacial score (nSPS) is 10.8. The van der Waals surface area contributed by atoms with Gasteiger partial charge in [-0.15, -0.1) is 0 Å². The van der Waals surface area contributed by atoms with Gasteiger partial charge in [0.15, 0.2) is 5.15 Å². The molecule has 0 aliphatic carbocycles. The smallest absolute Gasteiger partial charge is 0.222 e. The Labute approximate surface area is 152 Å². The van der Waals surface area contributed by atoms with Crippen molar-refractivity contribution in [3.8, 4) is 11.3 Å². The summed E-state index contributed by atoms with van der Waals surface area (Å²) < 4.78 is 1.86. The lowest BCUT2D eigenvalue weighted by Gasteiger charge is -2.17. The van der Waals surface area contributed by atoms with Gasteiger partial charge < -0.3 is 0 Å². The molecule has 0 atom stereocenters. The molecule has 0 N–H and O–H groups in total. The predicted molar refractivity (Wildman–Crippen MR) is 103 cm³/mol. The van der Waals surface area contributed by atoms with Gasteiger partial charge in [-0.2, -0.15) is 5.10 Å². The molecule has 0 bridgehead atoms. The standard InChI is InChI=1S/C21H21ClN2O/c1-2-3-14-18-19(17-12-8-5-9-13-17)24(23-21(22)20(18)25)15-16-10-6-4-7-11-16/h4-13H,2-3,14-15H2,1H3. The molecule has 0 saturated heterocycles. The van der Waals surface area contributed by atoms with Crippen LogP contribution < -0.4 is 5.43 Å². The second kappa shape index (κ2) is 8.13. The number of aromatic nitrogens is 2. The lowest BCUT2D eigenvalue weighted by atomic mass is 10.0. The first-order valence-electron chi connectivity index (χ1n) is 8.59. The zero-order valence-corrected chi connectivity index (χ0v) is 15.0. The van der Waals surface area contributed by atoms with Crippen molar-refractivity contribution in [2.45, 2.75) is 32.7 Å². The minimum Gasteiger partial charge on any atom is -0.286 e. The molecule has 128 valence electrons. The first-order chi connectivity index (χ1) is 12.2. The van der Waals surface area contributed by atoms with Gasteiger partial charge in [-0.3, -0.25) is 9.48 Å². The van der Waals surface area contributed by atoms with E-state index in [2.05, 4.69) is 12.0 Å². The fraction of sp³-hybridized carbons (Fsp3) is 0.238. The van der Waals surface area contributed by atoms with Crippen molar-refractivity contribution >= 4 is 11.6 Å². The molecular formula is C21H21ClN2O. The molecule has 1 heterocycles. The SMILES string of the molecule is CCCCc1c(-c2ccccc2)n(Cc2ccccc2)nc(Cl)c1=O. The van der Waals surface area contributed by atoms with Crippen LogP contribution in [0.3, 0.4) is 0 Å². The Hall–Kier alpha value is -2.39. The molecule has 3 nitrogen and oxygen atoms in total. The van der Waals surface area contributed by atoms with Crippen molar-refractivity contribution in [1.29, 1.82) is 0 Å². The lowest BCUT2D eigenvalue weighted by molar-refractivity contribution is 0.657. The summed E-state index contributed by atoms with van der Waals surface area (Å²) in [6, 6.07) is 20.0. The summed E-state index contributed by atoms with van der Waals surface area (Å²) in [5, 5.41) is 4.43. The Bertz CT molecular complexity index is 889. The van der Waals surface area contributed by atoms with Gasteiger partial charge in [-0.05, 0) is 18.4 Å². The second-order valence-corrected chi connectivity index (χ2v) is 6.42.